The van der Waals surface area contributed by atoms with Crippen LogP contribution in [0.4, 0.5) is 0 Å². The molecular formula is C10H12ClNO2. The number of carbonyl (C=O) groups excluding carboxylic acids is 1. The van der Waals surface area contributed by atoms with E-state index in [2.05, 4.69) is 0 Å². The number of hydrogen-bond donors (Lipinski definition) is 1. The molecule has 2 N–H and O–H groups in total. The Bertz CT molecular complexity index is 315. The summed E-state index contributed by atoms with van der Waals surface area (Å²) in [5, 5.41) is 0. The molecule has 4 heteroatoms. The van der Waals surface area contributed by atoms with Crippen molar-refractivity contribution in [3.05, 3.63) is 29.8 Å². The first-order valence-electron chi connectivity index (χ1n) is 4.28. The zero-order valence-electron chi connectivity index (χ0n) is 7.70. The molecule has 0 fully saturated rings. The number of nitrogens with two attached hydrogens (primary N) is 1. The van der Waals surface area contributed by atoms with E-state index in [1.54, 1.807) is 6.07 Å². The molecule has 1 rings (SSSR count). The maximum absolute atomic E-state index is 10.7. The van der Waals surface area contributed by atoms with Gasteiger partial charge in [0.2, 0.25) is 5.91 Å². The van der Waals surface area contributed by atoms with Crippen LogP contribution >= 0.6 is 11.6 Å². The van der Waals surface area contributed by atoms with Gasteiger partial charge in [0, 0.05) is 0 Å². The summed E-state index contributed by atoms with van der Waals surface area (Å²) < 4.78 is 5.29. The molecule has 1 amide bonds. The molecule has 0 atom stereocenters. The fourth-order valence-corrected chi connectivity index (χ4v) is 1.18. The molecule has 0 unspecified atom stereocenters. The van der Waals surface area contributed by atoms with Crippen molar-refractivity contribution >= 4 is 17.5 Å². The second-order valence-corrected chi connectivity index (χ2v) is 3.21. The molecule has 0 saturated carbocycles. The van der Waals surface area contributed by atoms with Crippen molar-refractivity contribution < 1.29 is 9.53 Å². The Balaban J connectivity index is 2.63. The lowest BCUT2D eigenvalue weighted by molar-refractivity contribution is -0.117. The van der Waals surface area contributed by atoms with Crippen LogP contribution in [0.15, 0.2) is 24.3 Å². The van der Waals surface area contributed by atoms with Crippen LogP contribution < -0.4 is 10.5 Å². The summed E-state index contributed by atoms with van der Waals surface area (Å²) in [5.41, 5.74) is 5.93. The third kappa shape index (κ3) is 3.66. The molecular weight excluding hydrogens is 202 g/mol. The van der Waals surface area contributed by atoms with E-state index in [1.807, 2.05) is 18.2 Å². The Morgan fingerprint density at radius 1 is 1.50 bits per heavy atom. The summed E-state index contributed by atoms with van der Waals surface area (Å²) in [6, 6.07) is 7.26. The van der Waals surface area contributed by atoms with Crippen molar-refractivity contribution in [3.8, 4) is 5.75 Å². The second-order valence-electron chi connectivity index (χ2n) is 2.83. The van der Waals surface area contributed by atoms with Crippen LogP contribution in [-0.4, -0.2) is 18.4 Å². The maximum atomic E-state index is 10.7. The molecule has 0 spiro atoms. The number of amides is 1. The monoisotopic (exact) mass is 213 g/mol. The number of benzene rings is 1. The predicted octanol–water partition coefficient (Wildman–Crippen LogP) is 1.33. The summed E-state index contributed by atoms with van der Waals surface area (Å²) in [4.78, 5) is 10.7. The minimum Gasteiger partial charge on any atom is -0.492 e. The van der Waals surface area contributed by atoms with E-state index in [4.69, 9.17) is 22.1 Å². The number of alkyl halides is 1. The Kier molecular flexibility index (Phi) is 4.26. The fraction of sp³-hybridized carbons (Fsp3) is 0.300. The fourth-order valence-electron chi connectivity index (χ4n) is 1.10. The van der Waals surface area contributed by atoms with Gasteiger partial charge in [-0.15, -0.1) is 11.6 Å². The molecule has 1 aromatic carbocycles. The lowest BCUT2D eigenvalue weighted by atomic mass is 10.1. The van der Waals surface area contributed by atoms with Gasteiger partial charge in [0.05, 0.1) is 12.3 Å². The minimum absolute atomic E-state index is 0.234. The highest BCUT2D eigenvalue weighted by atomic mass is 35.5. The van der Waals surface area contributed by atoms with Crippen molar-refractivity contribution in [2.45, 2.75) is 6.42 Å². The molecule has 1 aromatic rings. The normalized spacial score (nSPS) is 9.79. The van der Waals surface area contributed by atoms with Gasteiger partial charge in [-0.2, -0.15) is 0 Å². The predicted molar refractivity (Wildman–Crippen MR) is 55.6 cm³/mol. The lowest BCUT2D eigenvalue weighted by Gasteiger charge is -2.05. The minimum atomic E-state index is -0.348. The highest BCUT2D eigenvalue weighted by Crippen LogP contribution is 2.13. The smallest absolute Gasteiger partial charge is 0.221 e. The van der Waals surface area contributed by atoms with Gasteiger partial charge in [0.1, 0.15) is 12.4 Å². The summed E-state index contributed by atoms with van der Waals surface area (Å²) in [6.45, 7) is 0.460. The van der Waals surface area contributed by atoms with Gasteiger partial charge in [-0.1, -0.05) is 12.1 Å². The highest BCUT2D eigenvalue weighted by Gasteiger charge is 2.00. The lowest BCUT2D eigenvalue weighted by Crippen LogP contribution is -2.13. The first-order chi connectivity index (χ1) is 6.72. The summed E-state index contributed by atoms with van der Waals surface area (Å²) in [7, 11) is 0. The first-order valence-corrected chi connectivity index (χ1v) is 4.82. The second kappa shape index (κ2) is 5.50. The molecule has 14 heavy (non-hydrogen) atoms. The van der Waals surface area contributed by atoms with Crippen LogP contribution in [-0.2, 0) is 11.2 Å². The van der Waals surface area contributed by atoms with Gasteiger partial charge in [-0.05, 0) is 17.7 Å². The van der Waals surface area contributed by atoms with Crippen molar-refractivity contribution in [2.75, 3.05) is 12.5 Å². The number of rotatable bonds is 5. The van der Waals surface area contributed by atoms with Crippen LogP contribution in [0, 0.1) is 0 Å². The van der Waals surface area contributed by atoms with Gasteiger partial charge < -0.3 is 10.5 Å². The van der Waals surface area contributed by atoms with Crippen molar-refractivity contribution in [2.24, 2.45) is 5.73 Å². The maximum Gasteiger partial charge on any atom is 0.221 e. The summed E-state index contributed by atoms with van der Waals surface area (Å²) >= 11 is 5.48. The number of hydrogen-bond acceptors (Lipinski definition) is 2. The van der Waals surface area contributed by atoms with E-state index in [0.717, 1.165) is 5.56 Å². The Hall–Kier alpha value is -1.22. The Morgan fingerprint density at radius 3 is 2.93 bits per heavy atom. The number of carbonyl (C=O) groups is 1. The molecule has 0 heterocycles. The Labute approximate surface area is 87.8 Å². The van der Waals surface area contributed by atoms with Crippen LogP contribution in [0.3, 0.4) is 0 Å². The molecule has 0 aliphatic carbocycles. The van der Waals surface area contributed by atoms with Crippen LogP contribution in [0.5, 0.6) is 5.75 Å². The topological polar surface area (TPSA) is 52.3 Å². The number of ether oxygens (including phenoxy) is 1. The van der Waals surface area contributed by atoms with Gasteiger partial charge in [-0.25, -0.2) is 0 Å². The zero-order valence-corrected chi connectivity index (χ0v) is 8.46. The number of halogens is 1. The average Bonchev–Trinajstić information content (AvgIpc) is 2.14. The van der Waals surface area contributed by atoms with Crippen LogP contribution in [0.25, 0.3) is 0 Å². The largest absolute Gasteiger partial charge is 0.492 e. The van der Waals surface area contributed by atoms with Gasteiger partial charge in [0.15, 0.2) is 0 Å². The van der Waals surface area contributed by atoms with E-state index < -0.39 is 0 Å². The Morgan fingerprint density at radius 2 is 2.29 bits per heavy atom. The summed E-state index contributed by atoms with van der Waals surface area (Å²) in [6.07, 6.45) is 0.234. The van der Waals surface area contributed by atoms with E-state index >= 15 is 0 Å². The molecule has 0 aromatic heterocycles. The molecule has 0 radical (unpaired) electrons. The SMILES string of the molecule is NC(=O)Cc1cccc(OCCCl)c1. The third-order valence-electron chi connectivity index (χ3n) is 1.62. The number of primary amides is 1. The molecule has 0 saturated heterocycles. The van der Waals surface area contributed by atoms with E-state index in [0.29, 0.717) is 18.2 Å². The van der Waals surface area contributed by atoms with E-state index in [1.165, 1.54) is 0 Å². The molecule has 0 aliphatic rings. The van der Waals surface area contributed by atoms with Gasteiger partial charge >= 0.3 is 0 Å². The molecule has 0 bridgehead atoms. The molecule has 76 valence electrons. The van der Waals surface area contributed by atoms with Gasteiger partial charge in [-0.3, -0.25) is 4.79 Å². The standard InChI is InChI=1S/C10H12ClNO2/c11-4-5-14-9-3-1-2-8(6-9)7-10(12)13/h1-3,6H,4-5,7H2,(H2,12,13). The zero-order chi connectivity index (χ0) is 10.4. The van der Waals surface area contributed by atoms with E-state index in [-0.39, 0.29) is 12.3 Å². The highest BCUT2D eigenvalue weighted by molar-refractivity contribution is 6.18. The van der Waals surface area contributed by atoms with Gasteiger partial charge in [0.25, 0.3) is 0 Å². The van der Waals surface area contributed by atoms with E-state index in [9.17, 15) is 4.79 Å². The van der Waals surface area contributed by atoms with Crippen molar-refractivity contribution in [3.63, 3.8) is 0 Å². The molecule has 3 nitrogen and oxygen atoms in total. The first kappa shape index (κ1) is 10.9. The quantitative estimate of drug-likeness (QED) is 0.751. The van der Waals surface area contributed by atoms with Crippen LogP contribution in [0.2, 0.25) is 0 Å². The average molecular weight is 214 g/mol. The third-order valence-corrected chi connectivity index (χ3v) is 1.78. The van der Waals surface area contributed by atoms with Crippen molar-refractivity contribution in [1.29, 1.82) is 0 Å². The van der Waals surface area contributed by atoms with Crippen molar-refractivity contribution in [1.82, 2.24) is 0 Å². The van der Waals surface area contributed by atoms with Crippen LogP contribution in [0.1, 0.15) is 5.56 Å². The molecule has 0 aliphatic heterocycles. The summed E-state index contributed by atoms with van der Waals surface area (Å²) in [5.74, 6) is 0.809.